The monoisotopic (exact) mass is 592 g/mol. The lowest BCUT2D eigenvalue weighted by Gasteiger charge is -2.24. The minimum absolute atomic E-state index is 0.00286. The molecule has 1 N–H and O–H groups in total. The summed E-state index contributed by atoms with van der Waals surface area (Å²) in [5.41, 5.74) is 0.930. The highest BCUT2D eigenvalue weighted by molar-refractivity contribution is 7.17. The van der Waals surface area contributed by atoms with Crippen LogP contribution >= 0.6 is 11.3 Å². The van der Waals surface area contributed by atoms with Crippen LogP contribution in [0.25, 0.3) is 5.76 Å². The molecule has 1 aliphatic heterocycles. The molecule has 11 heteroatoms. The number of aromatic nitrogens is 1. The molecule has 42 heavy (non-hydrogen) atoms. The molecule has 1 aliphatic rings. The van der Waals surface area contributed by atoms with Crippen LogP contribution in [0.2, 0.25) is 0 Å². The Kier molecular flexibility index (Phi) is 9.64. The fourth-order valence-corrected chi connectivity index (χ4v) is 5.45. The first-order chi connectivity index (χ1) is 20.2. The number of anilines is 1. The highest BCUT2D eigenvalue weighted by Crippen LogP contribution is 2.45. The van der Waals surface area contributed by atoms with E-state index in [1.807, 2.05) is 0 Å². The number of aryl methyl sites for hydroxylation is 1. The average Bonchev–Trinajstić information content (AvgIpc) is 3.51. The summed E-state index contributed by atoms with van der Waals surface area (Å²) >= 11 is 0.913. The van der Waals surface area contributed by atoms with Gasteiger partial charge in [-0.05, 0) is 43.2 Å². The fourth-order valence-electron chi connectivity index (χ4n) is 4.47. The summed E-state index contributed by atoms with van der Waals surface area (Å²) in [5.74, 6) is -1.52. The molecule has 1 saturated heterocycles. The normalized spacial score (nSPS) is 15.9. The van der Waals surface area contributed by atoms with Gasteiger partial charge in [0.05, 0.1) is 38.1 Å². The van der Waals surface area contributed by atoms with Gasteiger partial charge in [0, 0.05) is 5.56 Å². The van der Waals surface area contributed by atoms with Crippen molar-refractivity contribution in [1.29, 1.82) is 0 Å². The number of unbranched alkanes of at least 4 members (excludes halogenated alkanes) is 1. The van der Waals surface area contributed by atoms with E-state index in [9.17, 15) is 19.5 Å². The number of methoxy groups -OCH3 is 2. The molecule has 3 aromatic rings. The number of ketones is 1. The van der Waals surface area contributed by atoms with Gasteiger partial charge in [0.2, 0.25) is 0 Å². The zero-order valence-corrected chi connectivity index (χ0v) is 24.7. The molecular weight excluding hydrogens is 560 g/mol. The smallest absolute Gasteiger partial charge is 0.350 e. The van der Waals surface area contributed by atoms with Crippen molar-refractivity contribution in [3.63, 3.8) is 0 Å². The number of benzene rings is 2. The maximum absolute atomic E-state index is 13.6. The van der Waals surface area contributed by atoms with Crippen molar-refractivity contribution in [1.82, 2.24) is 4.98 Å². The third kappa shape index (κ3) is 6.01. The van der Waals surface area contributed by atoms with Crippen molar-refractivity contribution >= 4 is 39.9 Å². The Bertz CT molecular complexity index is 1540. The first-order valence-corrected chi connectivity index (χ1v) is 14.1. The predicted molar refractivity (Wildman–Crippen MR) is 159 cm³/mol. The van der Waals surface area contributed by atoms with Gasteiger partial charge in [-0.15, -0.1) is 0 Å². The maximum Gasteiger partial charge on any atom is 0.350 e. The Labute approximate surface area is 247 Å². The lowest BCUT2D eigenvalue weighted by Crippen LogP contribution is -2.29. The second kappa shape index (κ2) is 13.3. The number of carbonyl (C=O) groups excluding carboxylic acids is 3. The quantitative estimate of drug-likeness (QED) is 0.0713. The van der Waals surface area contributed by atoms with Crippen LogP contribution < -0.4 is 19.1 Å². The third-order valence-corrected chi connectivity index (χ3v) is 7.69. The van der Waals surface area contributed by atoms with Gasteiger partial charge in [-0.25, -0.2) is 9.78 Å². The lowest BCUT2D eigenvalue weighted by molar-refractivity contribution is -0.132. The summed E-state index contributed by atoms with van der Waals surface area (Å²) < 4.78 is 21.8. The van der Waals surface area contributed by atoms with E-state index in [1.165, 1.54) is 25.2 Å². The number of hydrogen-bond donors (Lipinski definition) is 1. The topological polar surface area (TPSA) is 124 Å². The molecule has 0 spiro atoms. The van der Waals surface area contributed by atoms with E-state index in [0.717, 1.165) is 24.2 Å². The highest BCUT2D eigenvalue weighted by atomic mass is 32.1. The Balaban J connectivity index is 1.88. The number of rotatable bonds is 12. The Morgan fingerprint density at radius 1 is 1.14 bits per heavy atom. The number of ether oxygens (including phenoxy) is 4. The molecule has 1 fully saturated rings. The number of carbonyl (C=O) groups is 3. The van der Waals surface area contributed by atoms with E-state index < -0.39 is 23.7 Å². The van der Waals surface area contributed by atoms with Crippen molar-refractivity contribution in [2.75, 3.05) is 32.3 Å². The molecule has 10 nitrogen and oxygen atoms in total. The molecular formula is C31H32N2O8S. The van der Waals surface area contributed by atoms with Crippen LogP contribution in [0, 0.1) is 6.92 Å². The summed E-state index contributed by atoms with van der Waals surface area (Å²) in [7, 11) is 2.96. The molecule has 220 valence electrons. The first-order valence-electron chi connectivity index (χ1n) is 13.3. The highest BCUT2D eigenvalue weighted by Gasteiger charge is 2.48. The minimum Gasteiger partial charge on any atom is -0.507 e. The number of aliphatic hydroxyl groups excluding tert-OH is 1. The Morgan fingerprint density at radius 3 is 2.60 bits per heavy atom. The zero-order valence-electron chi connectivity index (χ0n) is 23.8. The van der Waals surface area contributed by atoms with Gasteiger partial charge >= 0.3 is 11.9 Å². The number of Topliss-reactive ketones (excluding diaryl/α,β-unsaturated/α-hetero) is 1. The number of esters is 1. The van der Waals surface area contributed by atoms with Crippen LogP contribution in [0.3, 0.4) is 0 Å². The van der Waals surface area contributed by atoms with E-state index in [0.29, 0.717) is 40.7 Å². The van der Waals surface area contributed by atoms with Crippen molar-refractivity contribution in [2.45, 2.75) is 32.7 Å². The average molecular weight is 593 g/mol. The largest absolute Gasteiger partial charge is 0.507 e. The van der Waals surface area contributed by atoms with E-state index in [2.05, 4.69) is 18.5 Å². The van der Waals surface area contributed by atoms with Crippen molar-refractivity contribution in [2.24, 2.45) is 0 Å². The van der Waals surface area contributed by atoms with Gasteiger partial charge in [0.15, 0.2) is 16.6 Å². The standard InChI is InChI=1S/C31H32N2O8S/c1-6-8-15-40-21-11-9-10-20(16-21)26(34)24-25(19-12-13-22(38-4)23(17-19)39-5)33(29(36)27(24)35)31-32-18(3)28(42-31)30(37)41-14-7-2/h7,9-13,16-17,25,34H,2,6,8,14-15H2,1,3-5H3/b26-24+. The van der Waals surface area contributed by atoms with Crippen LogP contribution in [0.4, 0.5) is 5.13 Å². The van der Waals surface area contributed by atoms with Crippen molar-refractivity contribution < 1.29 is 38.4 Å². The van der Waals surface area contributed by atoms with Gasteiger partial charge in [-0.1, -0.05) is 55.5 Å². The SMILES string of the molecule is C=CCOC(=O)c1sc(N2C(=O)C(=O)/C(=C(/O)c3cccc(OCCCC)c3)C2c2ccc(OC)c(OC)c2)nc1C. The van der Waals surface area contributed by atoms with Gasteiger partial charge in [-0.2, -0.15) is 0 Å². The summed E-state index contributed by atoms with van der Waals surface area (Å²) in [4.78, 5) is 45.6. The number of hydrogen-bond acceptors (Lipinski definition) is 10. The summed E-state index contributed by atoms with van der Waals surface area (Å²) in [6.07, 6.45) is 3.25. The van der Waals surface area contributed by atoms with Crippen LogP contribution in [0.1, 0.15) is 52.3 Å². The van der Waals surface area contributed by atoms with Gasteiger partial charge in [0.25, 0.3) is 5.78 Å². The van der Waals surface area contributed by atoms with Crippen molar-refractivity contribution in [3.8, 4) is 17.2 Å². The number of amides is 1. The fraction of sp³-hybridized carbons (Fsp3) is 0.290. The van der Waals surface area contributed by atoms with Crippen LogP contribution in [-0.4, -0.2) is 55.2 Å². The van der Waals surface area contributed by atoms with E-state index in [4.69, 9.17) is 18.9 Å². The molecule has 1 unspecified atom stereocenters. The molecule has 0 saturated carbocycles. The van der Waals surface area contributed by atoms with E-state index >= 15 is 0 Å². The Morgan fingerprint density at radius 2 is 1.90 bits per heavy atom. The molecule has 1 atom stereocenters. The molecule has 4 rings (SSSR count). The second-order valence-electron chi connectivity index (χ2n) is 9.31. The van der Waals surface area contributed by atoms with Crippen LogP contribution in [0.15, 0.2) is 60.7 Å². The predicted octanol–water partition coefficient (Wildman–Crippen LogP) is 5.62. The van der Waals surface area contributed by atoms with E-state index in [-0.39, 0.29) is 27.9 Å². The number of thiazole rings is 1. The molecule has 2 aromatic carbocycles. The van der Waals surface area contributed by atoms with Gasteiger partial charge in [-0.3, -0.25) is 14.5 Å². The number of nitrogens with zero attached hydrogens (tertiary/aromatic N) is 2. The van der Waals surface area contributed by atoms with Crippen LogP contribution in [0.5, 0.6) is 17.2 Å². The molecule has 0 bridgehead atoms. The van der Waals surface area contributed by atoms with Gasteiger partial charge in [0.1, 0.15) is 23.0 Å². The third-order valence-electron chi connectivity index (χ3n) is 6.55. The van der Waals surface area contributed by atoms with Crippen molar-refractivity contribution in [3.05, 3.63) is 82.4 Å². The first kappa shape index (κ1) is 30.3. The molecule has 0 aliphatic carbocycles. The summed E-state index contributed by atoms with van der Waals surface area (Å²) in [5, 5.41) is 11.6. The van der Waals surface area contributed by atoms with Gasteiger partial charge < -0.3 is 24.1 Å². The number of aliphatic hydroxyl groups is 1. The molecule has 0 radical (unpaired) electrons. The zero-order chi connectivity index (χ0) is 30.4. The Hall–Kier alpha value is -4.64. The lowest BCUT2D eigenvalue weighted by atomic mass is 9.95. The summed E-state index contributed by atoms with van der Waals surface area (Å²) in [6, 6.07) is 10.5. The summed E-state index contributed by atoms with van der Waals surface area (Å²) in [6.45, 7) is 7.70. The van der Waals surface area contributed by atoms with E-state index in [1.54, 1.807) is 49.4 Å². The maximum atomic E-state index is 13.6. The minimum atomic E-state index is -1.10. The van der Waals surface area contributed by atoms with Crippen LogP contribution in [-0.2, 0) is 14.3 Å². The molecule has 2 heterocycles. The second-order valence-corrected chi connectivity index (χ2v) is 10.3. The molecule has 1 aromatic heterocycles. The molecule has 1 amide bonds.